The molecule has 110 valence electrons. The molecule has 0 aromatic rings. The van der Waals surface area contributed by atoms with Crippen LogP contribution in [0.15, 0.2) is 0 Å². The van der Waals surface area contributed by atoms with Crippen molar-refractivity contribution >= 4 is 0 Å². The Labute approximate surface area is 117 Å². The van der Waals surface area contributed by atoms with E-state index in [1.807, 2.05) is 0 Å². The summed E-state index contributed by atoms with van der Waals surface area (Å²) < 4.78 is 0. The van der Waals surface area contributed by atoms with Crippen LogP contribution in [0.5, 0.6) is 0 Å². The second-order valence-corrected chi connectivity index (χ2v) is 7.35. The summed E-state index contributed by atoms with van der Waals surface area (Å²) in [7, 11) is 0. The molecule has 2 N–H and O–H groups in total. The molecule has 1 aliphatic carbocycles. The molecule has 0 amide bonds. The predicted octanol–water partition coefficient (Wildman–Crippen LogP) is 1.73. The molecule has 3 aliphatic rings. The van der Waals surface area contributed by atoms with Crippen LogP contribution < -0.4 is 10.4 Å². The number of quaternary nitrogens is 1. The van der Waals surface area contributed by atoms with E-state index in [0.29, 0.717) is 11.1 Å². The normalized spacial score (nSPS) is 47.7. The quantitative estimate of drug-likeness (QED) is 0.747. The maximum atomic E-state index is 12.1. The van der Waals surface area contributed by atoms with Crippen LogP contribution in [0.2, 0.25) is 0 Å². The summed E-state index contributed by atoms with van der Waals surface area (Å²) in [4.78, 5) is 0. The predicted molar refractivity (Wildman–Crippen MR) is 77.9 cm³/mol. The van der Waals surface area contributed by atoms with Crippen LogP contribution >= 0.6 is 0 Å². The lowest BCUT2D eigenvalue weighted by molar-refractivity contribution is -0.882. The lowest BCUT2D eigenvalue weighted by Crippen LogP contribution is -3.12. The highest BCUT2D eigenvalue weighted by molar-refractivity contribution is 4.92. The highest BCUT2D eigenvalue weighted by atomic mass is 16.5. The third-order valence-electron chi connectivity index (χ3n) is 5.87. The summed E-state index contributed by atoms with van der Waals surface area (Å²) in [6.07, 6.45) is 10.3. The van der Waals surface area contributed by atoms with Gasteiger partial charge in [0.1, 0.15) is 0 Å². The van der Waals surface area contributed by atoms with Gasteiger partial charge in [-0.15, -0.1) is 0 Å². The minimum absolute atomic E-state index is 0.409. The maximum Gasteiger partial charge on any atom is 0.0874 e. The lowest BCUT2D eigenvalue weighted by atomic mass is 9.66. The molecule has 19 heavy (non-hydrogen) atoms. The number of nitrogens with one attached hydrogen (secondary N) is 2. The Morgan fingerprint density at radius 2 is 2.05 bits per heavy atom. The van der Waals surface area contributed by atoms with Crippen molar-refractivity contribution in [2.24, 2.45) is 17.8 Å². The number of piperidine rings is 2. The van der Waals surface area contributed by atoms with Crippen molar-refractivity contribution in [3.63, 3.8) is 0 Å². The zero-order valence-electron chi connectivity index (χ0n) is 12.4. The fraction of sp³-hybridized carbons (Fsp3) is 1.00. The molecule has 6 unspecified atom stereocenters. The SMILES string of the molecule is CC1CC(CC2CCCC[NH+]2[O-])C2CCCNC2C1. The third-order valence-corrected chi connectivity index (χ3v) is 5.87. The Bertz CT molecular complexity index is 296. The summed E-state index contributed by atoms with van der Waals surface area (Å²) in [5.74, 6) is 2.52. The number of hydrogen-bond acceptors (Lipinski definition) is 2. The zero-order chi connectivity index (χ0) is 13.2. The van der Waals surface area contributed by atoms with Crippen LogP contribution in [0.3, 0.4) is 0 Å². The van der Waals surface area contributed by atoms with E-state index in [1.54, 1.807) is 0 Å². The molecule has 0 bridgehead atoms. The first-order valence-corrected chi connectivity index (χ1v) is 8.50. The molecule has 6 atom stereocenters. The van der Waals surface area contributed by atoms with E-state index < -0.39 is 0 Å². The molecule has 0 spiro atoms. The van der Waals surface area contributed by atoms with E-state index in [2.05, 4.69) is 12.2 Å². The summed E-state index contributed by atoms with van der Waals surface area (Å²) in [6, 6.07) is 1.16. The van der Waals surface area contributed by atoms with Crippen LogP contribution in [0, 0.1) is 23.0 Å². The number of hydrogen-bond donors (Lipinski definition) is 2. The van der Waals surface area contributed by atoms with Gasteiger partial charge in [-0.3, -0.25) is 0 Å². The average molecular weight is 266 g/mol. The highest BCUT2D eigenvalue weighted by Gasteiger charge is 2.39. The first-order chi connectivity index (χ1) is 9.24. The highest BCUT2D eigenvalue weighted by Crippen LogP contribution is 2.40. The number of rotatable bonds is 2. The third kappa shape index (κ3) is 3.14. The van der Waals surface area contributed by atoms with Gasteiger partial charge in [-0.2, -0.15) is 0 Å². The monoisotopic (exact) mass is 266 g/mol. The Morgan fingerprint density at radius 1 is 1.16 bits per heavy atom. The van der Waals surface area contributed by atoms with Crippen LogP contribution in [0.25, 0.3) is 0 Å². The molecule has 0 radical (unpaired) electrons. The summed E-state index contributed by atoms with van der Waals surface area (Å²) in [6.45, 7) is 4.48. The fourth-order valence-electron chi connectivity index (χ4n) is 4.96. The Hall–Kier alpha value is -0.120. The minimum atomic E-state index is 0.409. The van der Waals surface area contributed by atoms with E-state index in [9.17, 15) is 5.21 Å². The molecule has 0 aromatic carbocycles. The zero-order valence-corrected chi connectivity index (χ0v) is 12.4. The van der Waals surface area contributed by atoms with Gasteiger partial charge in [-0.05, 0) is 69.2 Å². The second kappa shape index (κ2) is 6.11. The average Bonchev–Trinajstić information content (AvgIpc) is 2.41. The van der Waals surface area contributed by atoms with Gasteiger partial charge in [0.2, 0.25) is 0 Å². The molecule has 3 heteroatoms. The maximum absolute atomic E-state index is 12.1. The van der Waals surface area contributed by atoms with Gasteiger partial charge >= 0.3 is 0 Å². The van der Waals surface area contributed by atoms with Gasteiger partial charge in [-0.1, -0.05) is 6.92 Å². The summed E-state index contributed by atoms with van der Waals surface area (Å²) in [5.41, 5.74) is 0. The van der Waals surface area contributed by atoms with E-state index in [1.165, 1.54) is 51.5 Å². The van der Waals surface area contributed by atoms with Crippen LogP contribution in [-0.2, 0) is 0 Å². The van der Waals surface area contributed by atoms with Crippen molar-refractivity contribution in [2.75, 3.05) is 13.1 Å². The molecular weight excluding hydrogens is 236 g/mol. The smallest absolute Gasteiger partial charge is 0.0874 e. The minimum Gasteiger partial charge on any atom is -0.634 e. The van der Waals surface area contributed by atoms with Crippen molar-refractivity contribution in [3.8, 4) is 0 Å². The lowest BCUT2D eigenvalue weighted by Gasteiger charge is -2.46. The van der Waals surface area contributed by atoms with Crippen molar-refractivity contribution in [2.45, 2.75) is 70.4 Å². The van der Waals surface area contributed by atoms with E-state index in [0.717, 1.165) is 36.8 Å². The van der Waals surface area contributed by atoms with Crippen molar-refractivity contribution in [3.05, 3.63) is 5.21 Å². The number of hydroxylamine groups is 2. The van der Waals surface area contributed by atoms with Crippen LogP contribution in [0.4, 0.5) is 0 Å². The van der Waals surface area contributed by atoms with Gasteiger partial charge in [-0.25, -0.2) is 0 Å². The van der Waals surface area contributed by atoms with E-state index in [4.69, 9.17) is 0 Å². The number of fused-ring (bicyclic) bond motifs is 1. The van der Waals surface area contributed by atoms with Gasteiger partial charge in [0.05, 0.1) is 12.6 Å². The van der Waals surface area contributed by atoms with Crippen molar-refractivity contribution in [1.29, 1.82) is 0 Å². The van der Waals surface area contributed by atoms with Gasteiger partial charge in [0.25, 0.3) is 0 Å². The Kier molecular flexibility index (Phi) is 4.45. The Morgan fingerprint density at radius 3 is 2.89 bits per heavy atom. The summed E-state index contributed by atoms with van der Waals surface area (Å²) >= 11 is 0. The largest absolute Gasteiger partial charge is 0.634 e. The fourth-order valence-corrected chi connectivity index (χ4v) is 4.96. The molecule has 1 saturated carbocycles. The van der Waals surface area contributed by atoms with E-state index in [-0.39, 0.29) is 0 Å². The Balaban J connectivity index is 1.63. The van der Waals surface area contributed by atoms with Crippen LogP contribution in [0.1, 0.15) is 58.3 Å². The molecular formula is C16H30N2O. The molecule has 3 fully saturated rings. The second-order valence-electron chi connectivity index (χ2n) is 7.35. The molecule has 2 saturated heterocycles. The van der Waals surface area contributed by atoms with E-state index >= 15 is 0 Å². The first-order valence-electron chi connectivity index (χ1n) is 8.50. The van der Waals surface area contributed by atoms with Crippen LogP contribution in [-0.4, -0.2) is 25.2 Å². The van der Waals surface area contributed by atoms with Gasteiger partial charge in [0.15, 0.2) is 0 Å². The topological polar surface area (TPSA) is 39.5 Å². The van der Waals surface area contributed by atoms with Crippen molar-refractivity contribution < 1.29 is 5.06 Å². The van der Waals surface area contributed by atoms with Gasteiger partial charge in [0, 0.05) is 12.5 Å². The molecule has 2 heterocycles. The standard InChI is InChI=1S/C16H30N2O/c1-12-9-13(11-14-5-2-3-8-18(14)19)15-6-4-7-17-16(15)10-12/h12-18H,2-11H2,1H3. The van der Waals surface area contributed by atoms with Gasteiger partial charge < -0.3 is 15.6 Å². The molecule has 3 rings (SSSR count). The molecule has 3 nitrogen and oxygen atoms in total. The summed E-state index contributed by atoms with van der Waals surface area (Å²) in [5, 5.41) is 16.4. The first kappa shape index (κ1) is 13.8. The molecule has 0 aromatic heterocycles. The van der Waals surface area contributed by atoms with Crippen molar-refractivity contribution in [1.82, 2.24) is 5.32 Å². The molecule has 2 aliphatic heterocycles.